The van der Waals surface area contributed by atoms with Gasteiger partial charge in [-0.05, 0) is 40.6 Å². The van der Waals surface area contributed by atoms with Gasteiger partial charge in [-0.1, -0.05) is 72.8 Å². The summed E-state index contributed by atoms with van der Waals surface area (Å²) >= 11 is 0. The first-order valence-electron chi connectivity index (χ1n) is 10.5. The minimum atomic E-state index is -0.654. The monoisotopic (exact) mass is 408 g/mol. The number of hydrogen-bond acceptors (Lipinski definition) is 3. The van der Waals surface area contributed by atoms with Crippen LogP contribution in [0.1, 0.15) is 11.4 Å². The van der Waals surface area contributed by atoms with Crippen molar-refractivity contribution in [2.45, 2.75) is 19.1 Å². The molecule has 0 saturated carbocycles. The number of para-hydroxylation sites is 2. The fraction of sp³-hybridized carbons (Fsp3) is 0.148. The Kier molecular flexibility index (Phi) is 5.38. The van der Waals surface area contributed by atoms with Crippen LogP contribution in [0.3, 0.4) is 0 Å². The van der Waals surface area contributed by atoms with Gasteiger partial charge in [0, 0.05) is 6.42 Å². The van der Waals surface area contributed by atoms with Gasteiger partial charge in [0.05, 0.1) is 17.6 Å². The lowest BCUT2D eigenvalue weighted by Crippen LogP contribution is -2.24. The Hall–Kier alpha value is -3.63. The first kappa shape index (κ1) is 19.3. The molecule has 0 aliphatic carbocycles. The van der Waals surface area contributed by atoms with Gasteiger partial charge >= 0.3 is 0 Å². The van der Waals surface area contributed by atoms with Gasteiger partial charge < -0.3 is 14.4 Å². The van der Waals surface area contributed by atoms with Crippen molar-refractivity contribution in [2.75, 3.05) is 6.61 Å². The van der Waals surface area contributed by atoms with Gasteiger partial charge in [-0.15, -0.1) is 0 Å². The zero-order valence-electron chi connectivity index (χ0n) is 17.2. The number of hydrogen-bond donors (Lipinski definition) is 1. The molecule has 0 fully saturated rings. The summed E-state index contributed by atoms with van der Waals surface area (Å²) in [6.07, 6.45) is 0.0620. The number of benzene rings is 4. The smallest absolute Gasteiger partial charge is 0.120 e. The Labute approximate surface area is 181 Å². The highest BCUT2D eigenvalue weighted by Crippen LogP contribution is 2.22. The van der Waals surface area contributed by atoms with Crippen molar-refractivity contribution in [1.82, 2.24) is 9.55 Å². The number of aliphatic hydroxyl groups is 1. The predicted octanol–water partition coefficient (Wildman–Crippen LogP) is 5.22. The standard InChI is InChI=1S/C27H24N2O2/c30-23(19-31-24-15-14-21-10-4-5-11-22(21)17-24)18-29-26-13-7-6-12-25(26)28-27(29)16-20-8-2-1-3-9-20/h1-15,17,23,30H,16,18-19H2/t23-/m0/s1. The number of fused-ring (bicyclic) bond motifs is 2. The van der Waals surface area contributed by atoms with Crippen molar-refractivity contribution in [3.63, 3.8) is 0 Å². The molecule has 0 radical (unpaired) electrons. The molecule has 4 nitrogen and oxygen atoms in total. The highest BCUT2D eigenvalue weighted by atomic mass is 16.5. The number of rotatable bonds is 7. The fourth-order valence-corrected chi connectivity index (χ4v) is 3.96. The van der Waals surface area contributed by atoms with E-state index < -0.39 is 6.10 Å². The van der Waals surface area contributed by atoms with Gasteiger partial charge in [-0.2, -0.15) is 0 Å². The summed E-state index contributed by atoms with van der Waals surface area (Å²) in [4.78, 5) is 4.82. The second-order valence-corrected chi connectivity index (χ2v) is 7.76. The molecule has 1 atom stereocenters. The van der Waals surface area contributed by atoms with Crippen molar-refractivity contribution in [3.05, 3.63) is 108 Å². The third-order valence-corrected chi connectivity index (χ3v) is 5.50. The van der Waals surface area contributed by atoms with Gasteiger partial charge in [-0.3, -0.25) is 0 Å². The van der Waals surface area contributed by atoms with E-state index in [0.29, 0.717) is 13.0 Å². The number of ether oxygens (including phenoxy) is 1. The van der Waals surface area contributed by atoms with Crippen LogP contribution in [0.15, 0.2) is 97.1 Å². The molecule has 1 aromatic heterocycles. The van der Waals surface area contributed by atoms with Gasteiger partial charge in [-0.25, -0.2) is 4.98 Å². The van der Waals surface area contributed by atoms with Crippen LogP contribution in [-0.4, -0.2) is 27.4 Å². The molecular weight excluding hydrogens is 384 g/mol. The summed E-state index contributed by atoms with van der Waals surface area (Å²) in [6, 6.07) is 32.5. The van der Waals surface area contributed by atoms with Crippen molar-refractivity contribution in [2.24, 2.45) is 0 Å². The maximum absolute atomic E-state index is 10.8. The molecule has 0 bridgehead atoms. The van der Waals surface area contributed by atoms with E-state index >= 15 is 0 Å². The molecule has 4 aromatic carbocycles. The third-order valence-electron chi connectivity index (χ3n) is 5.50. The lowest BCUT2D eigenvalue weighted by molar-refractivity contribution is 0.0929. The zero-order valence-corrected chi connectivity index (χ0v) is 17.2. The molecule has 154 valence electrons. The molecule has 0 aliphatic heterocycles. The first-order chi connectivity index (χ1) is 15.3. The Bertz CT molecular complexity index is 1310. The van der Waals surface area contributed by atoms with E-state index in [1.54, 1.807) is 0 Å². The molecule has 0 aliphatic rings. The number of imidazole rings is 1. The molecule has 5 aromatic rings. The van der Waals surface area contributed by atoms with E-state index in [4.69, 9.17) is 9.72 Å². The maximum atomic E-state index is 10.8. The molecule has 1 N–H and O–H groups in total. The van der Waals surface area contributed by atoms with E-state index in [1.807, 2.05) is 72.8 Å². The van der Waals surface area contributed by atoms with Crippen molar-refractivity contribution >= 4 is 21.8 Å². The zero-order chi connectivity index (χ0) is 21.0. The normalized spacial score (nSPS) is 12.3. The van der Waals surface area contributed by atoms with Crippen LogP contribution < -0.4 is 4.74 Å². The lowest BCUT2D eigenvalue weighted by atomic mass is 10.1. The molecule has 1 heterocycles. The van der Waals surface area contributed by atoms with Gasteiger partial charge in [0.25, 0.3) is 0 Å². The summed E-state index contributed by atoms with van der Waals surface area (Å²) < 4.78 is 8.02. The summed E-state index contributed by atoms with van der Waals surface area (Å²) in [5.74, 6) is 1.70. The highest BCUT2D eigenvalue weighted by molar-refractivity contribution is 5.83. The van der Waals surface area contributed by atoms with Crippen LogP contribution in [-0.2, 0) is 13.0 Å². The van der Waals surface area contributed by atoms with E-state index in [1.165, 1.54) is 10.9 Å². The fourth-order valence-electron chi connectivity index (χ4n) is 3.96. The van der Waals surface area contributed by atoms with Crippen LogP contribution >= 0.6 is 0 Å². The highest BCUT2D eigenvalue weighted by Gasteiger charge is 2.15. The Morgan fingerprint density at radius 1 is 0.806 bits per heavy atom. The van der Waals surface area contributed by atoms with Gasteiger partial charge in [0.1, 0.15) is 24.3 Å². The second kappa shape index (κ2) is 8.62. The first-order valence-corrected chi connectivity index (χ1v) is 10.5. The van der Waals surface area contributed by atoms with Gasteiger partial charge in [0.2, 0.25) is 0 Å². The summed E-state index contributed by atoms with van der Waals surface area (Å²) in [6.45, 7) is 0.645. The SMILES string of the molecule is O[C@H](COc1ccc2ccccc2c1)Cn1c(Cc2ccccc2)nc2ccccc21. The van der Waals surface area contributed by atoms with Gasteiger partial charge in [0.15, 0.2) is 0 Å². The van der Waals surface area contributed by atoms with Crippen LogP contribution in [0.2, 0.25) is 0 Å². The van der Waals surface area contributed by atoms with E-state index in [9.17, 15) is 5.11 Å². The summed E-state index contributed by atoms with van der Waals surface area (Å²) in [7, 11) is 0. The van der Waals surface area contributed by atoms with Crippen LogP contribution in [0, 0.1) is 0 Å². The second-order valence-electron chi connectivity index (χ2n) is 7.76. The van der Waals surface area contributed by atoms with Crippen molar-refractivity contribution in [1.29, 1.82) is 0 Å². The number of nitrogens with zero attached hydrogens (tertiary/aromatic N) is 2. The third kappa shape index (κ3) is 4.30. The Morgan fingerprint density at radius 2 is 1.55 bits per heavy atom. The van der Waals surface area contributed by atoms with Crippen LogP contribution in [0.5, 0.6) is 5.75 Å². The quantitative estimate of drug-likeness (QED) is 0.402. The molecule has 0 saturated heterocycles. The largest absolute Gasteiger partial charge is 0.491 e. The average Bonchev–Trinajstić information content (AvgIpc) is 3.15. The average molecular weight is 409 g/mol. The topological polar surface area (TPSA) is 47.3 Å². The molecule has 5 rings (SSSR count). The molecular formula is C27H24N2O2. The molecule has 0 unspecified atom stereocenters. The molecule has 4 heteroatoms. The minimum Gasteiger partial charge on any atom is -0.491 e. The van der Waals surface area contributed by atoms with Crippen LogP contribution in [0.25, 0.3) is 21.8 Å². The van der Waals surface area contributed by atoms with E-state index in [2.05, 4.69) is 28.8 Å². The predicted molar refractivity (Wildman–Crippen MR) is 124 cm³/mol. The lowest BCUT2D eigenvalue weighted by Gasteiger charge is -2.16. The van der Waals surface area contributed by atoms with Crippen molar-refractivity contribution < 1.29 is 9.84 Å². The molecule has 0 amide bonds. The molecule has 0 spiro atoms. The minimum absolute atomic E-state index is 0.218. The van der Waals surface area contributed by atoms with E-state index in [0.717, 1.165) is 28.0 Å². The summed E-state index contributed by atoms with van der Waals surface area (Å²) in [5, 5.41) is 13.1. The maximum Gasteiger partial charge on any atom is 0.120 e. The van der Waals surface area contributed by atoms with Crippen LogP contribution in [0.4, 0.5) is 0 Å². The Morgan fingerprint density at radius 3 is 2.42 bits per heavy atom. The Balaban J connectivity index is 1.34. The van der Waals surface area contributed by atoms with E-state index in [-0.39, 0.29) is 6.61 Å². The summed E-state index contributed by atoms with van der Waals surface area (Å²) in [5.41, 5.74) is 3.16. The van der Waals surface area contributed by atoms with Crippen molar-refractivity contribution in [3.8, 4) is 5.75 Å². The number of aliphatic hydroxyl groups excluding tert-OH is 1. The molecule has 31 heavy (non-hydrogen) atoms. The number of aromatic nitrogens is 2.